The molecule has 0 bridgehead atoms. The maximum atomic E-state index is 5.98. The van der Waals surface area contributed by atoms with E-state index in [2.05, 4.69) is 31.4 Å². The van der Waals surface area contributed by atoms with Gasteiger partial charge in [0.2, 0.25) is 17.2 Å². The van der Waals surface area contributed by atoms with E-state index in [9.17, 15) is 0 Å². The van der Waals surface area contributed by atoms with E-state index in [0.29, 0.717) is 11.9 Å². The number of rotatable bonds is 6. The maximum absolute atomic E-state index is 5.98. The van der Waals surface area contributed by atoms with Gasteiger partial charge in [0.05, 0.1) is 0 Å². The molecule has 2 heterocycles. The van der Waals surface area contributed by atoms with Gasteiger partial charge in [-0.1, -0.05) is 0 Å². The average molecular weight is 302 g/mol. The van der Waals surface area contributed by atoms with E-state index < -0.39 is 0 Å². The molecule has 1 aromatic rings. The fourth-order valence-electron chi connectivity index (χ4n) is 2.07. The van der Waals surface area contributed by atoms with Crippen molar-refractivity contribution in [2.45, 2.75) is 25.7 Å². The third-order valence-corrected chi connectivity index (χ3v) is 3.91. The number of piperidine rings is 1. The minimum absolute atomic E-state index is 0.267. The van der Waals surface area contributed by atoms with Crippen LogP contribution in [-0.2, 0) is 0 Å². The van der Waals surface area contributed by atoms with Gasteiger partial charge in [0.25, 0.3) is 0 Å². The van der Waals surface area contributed by atoms with Crippen molar-refractivity contribution in [1.82, 2.24) is 15.0 Å². The Balaban J connectivity index is 1.97. The number of aromatic nitrogens is 3. The summed E-state index contributed by atoms with van der Waals surface area (Å²) in [5.41, 5.74) is 0. The molecule has 2 rings (SSSR count). The average Bonchev–Trinajstić information content (AvgIpc) is 2.44. The van der Waals surface area contributed by atoms with Crippen LogP contribution in [0.2, 0.25) is 5.28 Å². The van der Waals surface area contributed by atoms with Gasteiger partial charge in [-0.05, 0) is 49.3 Å². The third kappa shape index (κ3) is 4.69. The van der Waals surface area contributed by atoms with E-state index in [4.69, 9.17) is 11.6 Å². The van der Waals surface area contributed by atoms with Crippen LogP contribution < -0.4 is 10.2 Å². The summed E-state index contributed by atoms with van der Waals surface area (Å²) in [6.45, 7) is 2.87. The Morgan fingerprint density at radius 3 is 2.74 bits per heavy atom. The molecule has 0 aliphatic carbocycles. The van der Waals surface area contributed by atoms with E-state index in [1.165, 1.54) is 19.3 Å². The zero-order chi connectivity index (χ0) is 13.5. The molecule has 1 saturated heterocycles. The van der Waals surface area contributed by atoms with Gasteiger partial charge in [-0.3, -0.25) is 0 Å². The highest BCUT2D eigenvalue weighted by atomic mass is 35.5. The quantitative estimate of drug-likeness (QED) is 0.815. The predicted octanol–water partition coefficient (Wildman–Crippen LogP) is 2.68. The Kier molecular flexibility index (Phi) is 5.97. The summed E-state index contributed by atoms with van der Waals surface area (Å²) in [6.07, 6.45) is 6.87. The molecule has 1 aromatic heterocycles. The molecule has 0 spiro atoms. The molecular weight excluding hydrogens is 282 g/mol. The highest BCUT2D eigenvalue weighted by Gasteiger charge is 2.15. The van der Waals surface area contributed by atoms with Gasteiger partial charge in [0, 0.05) is 19.6 Å². The van der Waals surface area contributed by atoms with Crippen LogP contribution in [0.4, 0.5) is 11.9 Å². The molecule has 0 amide bonds. The van der Waals surface area contributed by atoms with E-state index >= 15 is 0 Å². The summed E-state index contributed by atoms with van der Waals surface area (Å²) in [6, 6.07) is 0. The van der Waals surface area contributed by atoms with E-state index in [1.807, 2.05) is 11.8 Å². The van der Waals surface area contributed by atoms with E-state index in [-0.39, 0.29) is 5.28 Å². The lowest BCUT2D eigenvalue weighted by molar-refractivity contribution is 0.567. The topological polar surface area (TPSA) is 53.9 Å². The molecule has 1 aliphatic rings. The highest BCUT2D eigenvalue weighted by Crippen LogP contribution is 2.18. The molecular formula is C12H20ClN5S. The van der Waals surface area contributed by atoms with Crippen molar-refractivity contribution in [2.75, 3.05) is 41.9 Å². The van der Waals surface area contributed by atoms with Gasteiger partial charge in [0.15, 0.2) is 0 Å². The second-order valence-electron chi connectivity index (χ2n) is 4.55. The molecule has 19 heavy (non-hydrogen) atoms. The second kappa shape index (κ2) is 7.75. The first-order chi connectivity index (χ1) is 9.29. The summed E-state index contributed by atoms with van der Waals surface area (Å²) < 4.78 is 0. The van der Waals surface area contributed by atoms with Gasteiger partial charge < -0.3 is 10.2 Å². The summed E-state index contributed by atoms with van der Waals surface area (Å²) in [7, 11) is 0. The SMILES string of the molecule is CSCCCNc1nc(Cl)nc(N2CCCCC2)n1. The van der Waals surface area contributed by atoms with Crippen LogP contribution >= 0.6 is 23.4 Å². The summed E-state index contributed by atoms with van der Waals surface area (Å²) in [5.74, 6) is 2.42. The van der Waals surface area contributed by atoms with Gasteiger partial charge in [-0.2, -0.15) is 26.7 Å². The van der Waals surface area contributed by atoms with Crippen LogP contribution in [-0.4, -0.2) is 46.6 Å². The van der Waals surface area contributed by atoms with Crippen molar-refractivity contribution in [1.29, 1.82) is 0 Å². The molecule has 0 aromatic carbocycles. The van der Waals surface area contributed by atoms with E-state index in [1.54, 1.807) is 0 Å². The zero-order valence-corrected chi connectivity index (χ0v) is 12.8. The lowest BCUT2D eigenvalue weighted by Crippen LogP contribution is -2.31. The fraction of sp³-hybridized carbons (Fsp3) is 0.750. The first-order valence-corrected chi connectivity index (χ1v) is 8.46. The van der Waals surface area contributed by atoms with Gasteiger partial charge in [-0.25, -0.2) is 0 Å². The monoisotopic (exact) mass is 301 g/mol. The fourth-order valence-corrected chi connectivity index (χ4v) is 2.66. The Hall–Kier alpha value is -0.750. The lowest BCUT2D eigenvalue weighted by atomic mass is 10.1. The Morgan fingerprint density at radius 2 is 2.00 bits per heavy atom. The zero-order valence-electron chi connectivity index (χ0n) is 11.2. The van der Waals surface area contributed by atoms with Crippen molar-refractivity contribution in [2.24, 2.45) is 0 Å². The first-order valence-electron chi connectivity index (χ1n) is 6.69. The Morgan fingerprint density at radius 1 is 1.21 bits per heavy atom. The summed E-state index contributed by atoms with van der Waals surface area (Å²) in [5, 5.41) is 3.48. The van der Waals surface area contributed by atoms with Crippen molar-refractivity contribution in [3.63, 3.8) is 0 Å². The second-order valence-corrected chi connectivity index (χ2v) is 5.87. The van der Waals surface area contributed by atoms with Crippen LogP contribution in [0, 0.1) is 0 Å². The van der Waals surface area contributed by atoms with Crippen molar-refractivity contribution in [3.8, 4) is 0 Å². The normalized spacial score (nSPS) is 15.6. The van der Waals surface area contributed by atoms with Crippen molar-refractivity contribution < 1.29 is 0 Å². The summed E-state index contributed by atoms with van der Waals surface area (Å²) >= 11 is 7.81. The van der Waals surface area contributed by atoms with Crippen LogP contribution in [0.5, 0.6) is 0 Å². The Bertz CT molecular complexity index is 398. The molecule has 0 saturated carbocycles. The standard InChI is InChI=1S/C12H20ClN5S/c1-19-9-5-6-14-11-15-10(13)16-12(17-11)18-7-3-2-4-8-18/h2-9H2,1H3,(H,14,15,16,17). The molecule has 5 nitrogen and oxygen atoms in total. The molecule has 1 aliphatic heterocycles. The number of nitrogens with zero attached hydrogens (tertiary/aromatic N) is 4. The maximum Gasteiger partial charge on any atom is 0.231 e. The van der Waals surface area contributed by atoms with Gasteiger partial charge in [0.1, 0.15) is 0 Å². The number of hydrogen-bond acceptors (Lipinski definition) is 6. The van der Waals surface area contributed by atoms with E-state index in [0.717, 1.165) is 31.8 Å². The molecule has 1 N–H and O–H groups in total. The van der Waals surface area contributed by atoms with Crippen LogP contribution in [0.3, 0.4) is 0 Å². The van der Waals surface area contributed by atoms with Crippen LogP contribution in [0.25, 0.3) is 0 Å². The molecule has 0 radical (unpaired) electrons. The number of thioether (sulfide) groups is 1. The smallest absolute Gasteiger partial charge is 0.231 e. The van der Waals surface area contributed by atoms with Gasteiger partial charge in [-0.15, -0.1) is 0 Å². The summed E-state index contributed by atoms with van der Waals surface area (Å²) in [4.78, 5) is 15.0. The minimum atomic E-state index is 0.267. The third-order valence-electron chi connectivity index (χ3n) is 3.04. The van der Waals surface area contributed by atoms with Crippen LogP contribution in [0.15, 0.2) is 0 Å². The number of hydrogen-bond donors (Lipinski definition) is 1. The molecule has 106 valence electrons. The number of halogens is 1. The first kappa shape index (κ1) is 14.7. The van der Waals surface area contributed by atoms with Gasteiger partial charge >= 0.3 is 0 Å². The minimum Gasteiger partial charge on any atom is -0.354 e. The number of nitrogens with one attached hydrogen (secondary N) is 1. The largest absolute Gasteiger partial charge is 0.354 e. The number of anilines is 2. The lowest BCUT2D eigenvalue weighted by Gasteiger charge is -2.26. The molecule has 0 unspecified atom stereocenters. The predicted molar refractivity (Wildman–Crippen MR) is 82.4 cm³/mol. The molecule has 7 heteroatoms. The van der Waals surface area contributed by atoms with Crippen molar-refractivity contribution in [3.05, 3.63) is 5.28 Å². The van der Waals surface area contributed by atoms with Crippen LogP contribution in [0.1, 0.15) is 25.7 Å². The molecule has 1 fully saturated rings. The highest BCUT2D eigenvalue weighted by molar-refractivity contribution is 7.98. The Labute approximate surface area is 123 Å². The van der Waals surface area contributed by atoms with Crippen molar-refractivity contribution >= 4 is 35.3 Å². The molecule has 0 atom stereocenters.